The van der Waals surface area contributed by atoms with E-state index in [4.69, 9.17) is 4.52 Å². The van der Waals surface area contributed by atoms with Crippen LogP contribution in [0.3, 0.4) is 0 Å². The number of nitrogens with zero attached hydrogens (tertiary/aromatic N) is 4. The van der Waals surface area contributed by atoms with Gasteiger partial charge in [-0.2, -0.15) is 5.10 Å². The molecule has 2 aromatic heterocycles. The summed E-state index contributed by atoms with van der Waals surface area (Å²) in [5, 5.41) is 11.3. The predicted octanol–water partition coefficient (Wildman–Crippen LogP) is 3.75. The highest BCUT2D eigenvalue weighted by atomic mass is 16.5. The van der Waals surface area contributed by atoms with Gasteiger partial charge in [-0.1, -0.05) is 35.5 Å². The van der Waals surface area contributed by atoms with Crippen molar-refractivity contribution in [1.82, 2.24) is 19.8 Å². The quantitative estimate of drug-likeness (QED) is 0.780. The SMILES string of the molecule is Cc1cc([C@@H]2CCCN2C(=O)Nc2c(-c3ccccc3)cnn2C)on1. The van der Waals surface area contributed by atoms with Crippen molar-refractivity contribution in [3.8, 4) is 11.1 Å². The molecule has 7 heteroatoms. The van der Waals surface area contributed by atoms with E-state index in [0.717, 1.165) is 35.4 Å². The van der Waals surface area contributed by atoms with E-state index in [1.807, 2.05) is 55.3 Å². The third kappa shape index (κ3) is 2.96. The van der Waals surface area contributed by atoms with Crippen molar-refractivity contribution in [3.63, 3.8) is 0 Å². The molecule has 3 heterocycles. The third-order valence-electron chi connectivity index (χ3n) is 4.74. The summed E-state index contributed by atoms with van der Waals surface area (Å²) in [6, 6.07) is 11.6. The van der Waals surface area contributed by atoms with Gasteiger partial charge in [0.05, 0.1) is 17.9 Å². The van der Waals surface area contributed by atoms with Crippen molar-refractivity contribution in [3.05, 3.63) is 54.0 Å². The first-order valence-corrected chi connectivity index (χ1v) is 8.72. The Morgan fingerprint density at radius 3 is 2.85 bits per heavy atom. The van der Waals surface area contributed by atoms with Crippen molar-refractivity contribution in [2.24, 2.45) is 7.05 Å². The Morgan fingerprint density at radius 2 is 2.12 bits per heavy atom. The lowest BCUT2D eigenvalue weighted by Crippen LogP contribution is -2.35. The van der Waals surface area contributed by atoms with Crippen LogP contribution in [0.1, 0.15) is 30.3 Å². The second-order valence-corrected chi connectivity index (χ2v) is 6.55. The largest absolute Gasteiger partial charge is 0.359 e. The lowest BCUT2D eigenvalue weighted by molar-refractivity contribution is 0.195. The lowest BCUT2D eigenvalue weighted by atomic mass is 10.1. The minimum atomic E-state index is -0.151. The maximum absolute atomic E-state index is 13.0. The van der Waals surface area contributed by atoms with E-state index in [2.05, 4.69) is 15.6 Å². The van der Waals surface area contributed by atoms with Gasteiger partial charge in [-0.15, -0.1) is 0 Å². The van der Waals surface area contributed by atoms with Crippen LogP contribution in [-0.4, -0.2) is 32.4 Å². The van der Waals surface area contributed by atoms with E-state index in [-0.39, 0.29) is 12.1 Å². The fraction of sp³-hybridized carbons (Fsp3) is 0.316. The zero-order valence-electron chi connectivity index (χ0n) is 14.8. The van der Waals surface area contributed by atoms with Crippen molar-refractivity contribution < 1.29 is 9.32 Å². The highest BCUT2D eigenvalue weighted by Crippen LogP contribution is 2.34. The molecule has 0 spiro atoms. The molecule has 3 aromatic rings. The molecule has 0 radical (unpaired) electrons. The number of carbonyl (C=O) groups excluding carboxylic acids is 1. The summed E-state index contributed by atoms with van der Waals surface area (Å²) in [5.74, 6) is 1.42. The highest BCUT2D eigenvalue weighted by molar-refractivity contribution is 5.93. The third-order valence-corrected chi connectivity index (χ3v) is 4.74. The Labute approximate surface area is 151 Å². The number of aryl methyl sites for hydroxylation is 2. The van der Waals surface area contributed by atoms with E-state index in [1.54, 1.807) is 10.9 Å². The molecule has 0 unspecified atom stereocenters. The minimum absolute atomic E-state index is 0.0791. The summed E-state index contributed by atoms with van der Waals surface area (Å²) >= 11 is 0. The number of urea groups is 1. The highest BCUT2D eigenvalue weighted by Gasteiger charge is 2.33. The van der Waals surface area contributed by atoms with Gasteiger partial charge in [-0.05, 0) is 25.3 Å². The molecule has 0 aliphatic carbocycles. The normalized spacial score (nSPS) is 16.8. The second-order valence-electron chi connectivity index (χ2n) is 6.55. The average molecular weight is 351 g/mol. The number of hydrogen-bond donors (Lipinski definition) is 1. The summed E-state index contributed by atoms with van der Waals surface area (Å²) < 4.78 is 7.08. The number of anilines is 1. The van der Waals surface area contributed by atoms with E-state index in [0.29, 0.717) is 12.4 Å². The Hall–Kier alpha value is -3.09. The maximum atomic E-state index is 13.0. The molecular weight excluding hydrogens is 330 g/mol. The first-order chi connectivity index (χ1) is 12.6. The van der Waals surface area contributed by atoms with E-state index < -0.39 is 0 Å². The van der Waals surface area contributed by atoms with Crippen molar-refractivity contribution in [1.29, 1.82) is 0 Å². The first kappa shape index (κ1) is 16.4. The molecule has 26 heavy (non-hydrogen) atoms. The summed E-state index contributed by atoms with van der Waals surface area (Å²) in [6.07, 6.45) is 3.58. The Morgan fingerprint density at radius 1 is 1.31 bits per heavy atom. The number of hydrogen-bond acceptors (Lipinski definition) is 4. The molecule has 1 aromatic carbocycles. The van der Waals surface area contributed by atoms with Gasteiger partial charge in [-0.3, -0.25) is 10.00 Å². The number of rotatable bonds is 3. The van der Waals surface area contributed by atoms with Crippen LogP contribution >= 0.6 is 0 Å². The van der Waals surface area contributed by atoms with E-state index >= 15 is 0 Å². The topological polar surface area (TPSA) is 76.2 Å². The molecule has 1 atom stereocenters. The van der Waals surface area contributed by atoms with Crippen LogP contribution in [0.25, 0.3) is 11.1 Å². The zero-order chi connectivity index (χ0) is 18.1. The molecule has 1 aliphatic heterocycles. The number of benzene rings is 1. The number of nitrogens with one attached hydrogen (secondary N) is 1. The Kier molecular flexibility index (Phi) is 4.20. The number of carbonyl (C=O) groups is 1. The van der Waals surface area contributed by atoms with E-state index in [9.17, 15) is 4.79 Å². The van der Waals surface area contributed by atoms with Gasteiger partial charge < -0.3 is 9.42 Å². The van der Waals surface area contributed by atoms with Crippen molar-refractivity contribution in [2.45, 2.75) is 25.8 Å². The summed E-state index contributed by atoms with van der Waals surface area (Å²) in [5.41, 5.74) is 2.73. The van der Waals surface area contributed by atoms with E-state index in [1.165, 1.54) is 0 Å². The van der Waals surface area contributed by atoms with Gasteiger partial charge in [0.2, 0.25) is 0 Å². The van der Waals surface area contributed by atoms with Crippen LogP contribution in [-0.2, 0) is 7.05 Å². The summed E-state index contributed by atoms with van der Waals surface area (Å²) in [7, 11) is 1.82. The van der Waals surface area contributed by atoms with Crippen LogP contribution < -0.4 is 5.32 Å². The monoisotopic (exact) mass is 351 g/mol. The molecule has 1 saturated heterocycles. The Bertz CT molecular complexity index is 915. The molecule has 2 amide bonds. The molecule has 7 nitrogen and oxygen atoms in total. The van der Waals surface area contributed by atoms with Crippen LogP contribution in [0.5, 0.6) is 0 Å². The predicted molar refractivity (Wildman–Crippen MR) is 97.6 cm³/mol. The lowest BCUT2D eigenvalue weighted by Gasteiger charge is -2.23. The molecule has 134 valence electrons. The van der Waals surface area contributed by atoms with Gasteiger partial charge in [0.25, 0.3) is 0 Å². The summed E-state index contributed by atoms with van der Waals surface area (Å²) in [4.78, 5) is 14.8. The van der Waals surface area contributed by atoms with Gasteiger partial charge in [0.15, 0.2) is 5.76 Å². The molecule has 1 aliphatic rings. The van der Waals surface area contributed by atoms with Crippen LogP contribution in [0.4, 0.5) is 10.6 Å². The fourth-order valence-electron chi connectivity index (χ4n) is 3.43. The van der Waals surface area contributed by atoms with Crippen molar-refractivity contribution >= 4 is 11.8 Å². The smallest absolute Gasteiger partial charge is 0.323 e. The van der Waals surface area contributed by atoms with Gasteiger partial charge in [0, 0.05) is 25.2 Å². The van der Waals surface area contributed by atoms with Crippen LogP contribution in [0.2, 0.25) is 0 Å². The standard InChI is InChI=1S/C19H21N5O2/c1-13-11-17(26-22-13)16-9-6-10-24(16)19(25)21-18-15(12-20-23(18)2)14-7-4-3-5-8-14/h3-5,7-8,11-12,16H,6,9-10H2,1-2H3,(H,21,25)/t16-/m0/s1. The molecule has 1 N–H and O–H groups in total. The van der Waals surface area contributed by atoms with Gasteiger partial charge in [0.1, 0.15) is 5.82 Å². The zero-order valence-corrected chi connectivity index (χ0v) is 14.8. The van der Waals surface area contributed by atoms with Gasteiger partial charge in [-0.25, -0.2) is 4.79 Å². The Balaban J connectivity index is 1.58. The molecule has 0 bridgehead atoms. The number of likely N-dealkylation sites (tertiary alicyclic amines) is 1. The summed E-state index contributed by atoms with van der Waals surface area (Å²) in [6.45, 7) is 2.57. The van der Waals surface area contributed by atoms with Crippen molar-refractivity contribution in [2.75, 3.05) is 11.9 Å². The molecular formula is C19H21N5O2. The van der Waals surface area contributed by atoms with Crippen LogP contribution in [0, 0.1) is 6.92 Å². The maximum Gasteiger partial charge on any atom is 0.323 e. The molecule has 0 saturated carbocycles. The second kappa shape index (κ2) is 6.67. The minimum Gasteiger partial charge on any atom is -0.359 e. The fourth-order valence-corrected chi connectivity index (χ4v) is 3.43. The molecule has 1 fully saturated rings. The first-order valence-electron chi connectivity index (χ1n) is 8.72. The molecule has 4 rings (SSSR count). The number of amides is 2. The van der Waals surface area contributed by atoms with Crippen LogP contribution in [0.15, 0.2) is 47.1 Å². The number of aromatic nitrogens is 3. The van der Waals surface area contributed by atoms with Gasteiger partial charge >= 0.3 is 6.03 Å². The average Bonchev–Trinajstić information content (AvgIpc) is 3.36.